The van der Waals surface area contributed by atoms with E-state index in [1.165, 1.54) is 16.7 Å². The Morgan fingerprint density at radius 1 is 0.769 bits per heavy atom. The van der Waals surface area contributed by atoms with Crippen molar-refractivity contribution in [3.8, 4) is 0 Å². The molecule has 1 aromatic carbocycles. The number of benzene rings is 1. The van der Waals surface area contributed by atoms with E-state index < -0.39 is 0 Å². The monoisotopic (exact) mass is 358 g/mol. The van der Waals surface area contributed by atoms with E-state index in [2.05, 4.69) is 77.6 Å². The Labute approximate surface area is 166 Å². The minimum Gasteiger partial charge on any atom is -0.0988 e. The van der Waals surface area contributed by atoms with Crippen molar-refractivity contribution in [1.82, 2.24) is 0 Å². The number of hydrogen-bond donors (Lipinski definition) is 0. The Hall–Kier alpha value is -1.56. The number of hydrogen-bond acceptors (Lipinski definition) is 0. The van der Waals surface area contributed by atoms with Crippen molar-refractivity contribution < 1.29 is 0 Å². The van der Waals surface area contributed by atoms with Gasteiger partial charge in [-0.15, -0.1) is 0 Å². The van der Waals surface area contributed by atoms with Gasteiger partial charge in [-0.3, -0.25) is 0 Å². The zero-order valence-electron chi connectivity index (χ0n) is 19.8. The molecule has 0 atom stereocenters. The normalized spacial score (nSPS) is 11.3. The summed E-state index contributed by atoms with van der Waals surface area (Å²) < 4.78 is 0. The molecule has 0 aliphatic heterocycles. The fourth-order valence-electron chi connectivity index (χ4n) is 2.28. The molecule has 1 aromatic rings. The zero-order chi connectivity index (χ0) is 21.4. The summed E-state index contributed by atoms with van der Waals surface area (Å²) in [6.07, 6.45) is 8.22. The third kappa shape index (κ3) is 9.80. The first-order valence-corrected chi connectivity index (χ1v) is 10.3. The summed E-state index contributed by atoms with van der Waals surface area (Å²) in [5.74, 6) is 0. The molecule has 26 heavy (non-hydrogen) atoms. The van der Waals surface area contributed by atoms with E-state index in [0.717, 1.165) is 0 Å². The van der Waals surface area contributed by atoms with Crippen LogP contribution in [0, 0.1) is 0 Å². The van der Waals surface area contributed by atoms with Crippen LogP contribution in [0.4, 0.5) is 0 Å². The van der Waals surface area contributed by atoms with E-state index >= 15 is 0 Å². The standard InChI is InChI=1S/C20H28.3C2H6/c1-8-10-11-16(9-2)20(6,7)18-14-12-17(13-15-18)19(3,4)5;3*1-2/h8-15H,2H2,1,3-7H3;3*1-2H3/b10-8-,16-11+;;;. The van der Waals surface area contributed by atoms with Crippen LogP contribution in [0.3, 0.4) is 0 Å². The van der Waals surface area contributed by atoms with Crippen LogP contribution in [-0.4, -0.2) is 0 Å². The minimum absolute atomic E-state index is 0.0301. The Bertz CT molecular complexity index is 502. The molecule has 0 N–H and O–H groups in total. The molecule has 0 aromatic heterocycles. The highest BCUT2D eigenvalue weighted by molar-refractivity contribution is 5.42. The molecule has 0 nitrogen and oxygen atoms in total. The van der Waals surface area contributed by atoms with Gasteiger partial charge >= 0.3 is 0 Å². The third-order valence-corrected chi connectivity index (χ3v) is 3.88. The first-order chi connectivity index (χ1) is 12.2. The van der Waals surface area contributed by atoms with Crippen molar-refractivity contribution in [2.75, 3.05) is 0 Å². The highest BCUT2D eigenvalue weighted by atomic mass is 14.3. The second kappa shape index (κ2) is 15.7. The predicted molar refractivity (Wildman–Crippen MR) is 125 cm³/mol. The lowest BCUT2D eigenvalue weighted by atomic mass is 9.76. The molecule has 0 aliphatic carbocycles. The molecule has 0 fully saturated rings. The van der Waals surface area contributed by atoms with Gasteiger partial charge in [0, 0.05) is 5.41 Å². The summed E-state index contributed by atoms with van der Waals surface area (Å²) in [6.45, 7) is 29.2. The Morgan fingerprint density at radius 3 is 1.46 bits per heavy atom. The Morgan fingerprint density at radius 2 is 1.15 bits per heavy atom. The van der Waals surface area contributed by atoms with Crippen molar-refractivity contribution in [3.63, 3.8) is 0 Å². The summed E-state index contributed by atoms with van der Waals surface area (Å²) in [6, 6.07) is 8.97. The Kier molecular flexibility index (Phi) is 17.6. The van der Waals surface area contributed by atoms with Gasteiger partial charge in [0.2, 0.25) is 0 Å². The molecule has 1 rings (SSSR count). The topological polar surface area (TPSA) is 0 Å². The molecular formula is C26H46. The van der Waals surface area contributed by atoms with Crippen molar-refractivity contribution in [2.24, 2.45) is 0 Å². The third-order valence-electron chi connectivity index (χ3n) is 3.88. The highest BCUT2D eigenvalue weighted by Crippen LogP contribution is 2.33. The van der Waals surface area contributed by atoms with Gasteiger partial charge in [-0.2, -0.15) is 0 Å². The maximum atomic E-state index is 3.96. The van der Waals surface area contributed by atoms with E-state index in [-0.39, 0.29) is 10.8 Å². The minimum atomic E-state index is -0.0301. The van der Waals surface area contributed by atoms with E-state index in [1.807, 2.05) is 60.6 Å². The lowest BCUT2D eigenvalue weighted by molar-refractivity contribution is 0.587. The largest absolute Gasteiger partial charge is 0.0988 e. The molecule has 0 heteroatoms. The smallest absolute Gasteiger partial charge is 0.0146 e. The quantitative estimate of drug-likeness (QED) is 0.471. The maximum absolute atomic E-state index is 3.96. The number of rotatable bonds is 4. The maximum Gasteiger partial charge on any atom is 0.0146 e. The highest BCUT2D eigenvalue weighted by Gasteiger charge is 2.24. The average molecular weight is 359 g/mol. The summed E-state index contributed by atoms with van der Waals surface area (Å²) in [5, 5.41) is 0. The zero-order valence-corrected chi connectivity index (χ0v) is 19.8. The van der Waals surface area contributed by atoms with Crippen LogP contribution in [0.15, 0.2) is 60.7 Å². The van der Waals surface area contributed by atoms with Gasteiger partial charge in [-0.05, 0) is 29.0 Å². The molecular weight excluding hydrogens is 312 g/mol. The molecule has 0 saturated carbocycles. The molecule has 0 bridgehead atoms. The average Bonchev–Trinajstić information content (AvgIpc) is 2.66. The lowest BCUT2D eigenvalue weighted by Crippen LogP contribution is -2.20. The first-order valence-electron chi connectivity index (χ1n) is 10.3. The molecule has 150 valence electrons. The molecule has 0 radical (unpaired) electrons. The summed E-state index contributed by atoms with van der Waals surface area (Å²) in [5.41, 5.74) is 4.09. The van der Waals surface area contributed by atoms with E-state index in [1.54, 1.807) is 0 Å². The van der Waals surface area contributed by atoms with Gasteiger partial charge in [-0.25, -0.2) is 0 Å². The van der Waals surface area contributed by atoms with Crippen molar-refractivity contribution in [3.05, 3.63) is 71.8 Å². The van der Waals surface area contributed by atoms with Crippen LogP contribution < -0.4 is 0 Å². The molecule has 0 amide bonds. The summed E-state index contributed by atoms with van der Waals surface area (Å²) in [7, 11) is 0. The van der Waals surface area contributed by atoms with E-state index in [4.69, 9.17) is 0 Å². The van der Waals surface area contributed by atoms with Crippen molar-refractivity contribution in [2.45, 2.75) is 93.9 Å². The molecule has 0 spiro atoms. The fraction of sp³-hybridized carbons (Fsp3) is 0.538. The molecule has 0 unspecified atom stereocenters. The molecule has 0 aliphatic rings. The molecule has 0 heterocycles. The predicted octanol–water partition coefficient (Wildman–Crippen LogP) is 9.03. The second-order valence-corrected chi connectivity index (χ2v) is 6.80. The Balaban J connectivity index is -0.000000795. The van der Waals surface area contributed by atoms with Crippen LogP contribution >= 0.6 is 0 Å². The van der Waals surface area contributed by atoms with Gasteiger partial charge < -0.3 is 0 Å². The van der Waals surface area contributed by atoms with Gasteiger partial charge in [-0.1, -0.05) is 131 Å². The first kappa shape index (κ1) is 29.2. The van der Waals surface area contributed by atoms with Crippen LogP contribution in [0.2, 0.25) is 0 Å². The molecule has 0 saturated heterocycles. The van der Waals surface area contributed by atoms with Crippen LogP contribution in [0.5, 0.6) is 0 Å². The lowest BCUT2D eigenvalue weighted by Gasteiger charge is -2.28. The number of allylic oxidation sites excluding steroid dienone is 5. The van der Waals surface area contributed by atoms with Crippen LogP contribution in [0.1, 0.15) is 94.2 Å². The summed E-state index contributed by atoms with van der Waals surface area (Å²) >= 11 is 0. The summed E-state index contributed by atoms with van der Waals surface area (Å²) in [4.78, 5) is 0. The van der Waals surface area contributed by atoms with Crippen molar-refractivity contribution in [1.29, 1.82) is 0 Å². The fourth-order valence-corrected chi connectivity index (χ4v) is 2.28. The van der Waals surface area contributed by atoms with Gasteiger partial charge in [0.15, 0.2) is 0 Å². The van der Waals surface area contributed by atoms with Crippen LogP contribution in [-0.2, 0) is 10.8 Å². The van der Waals surface area contributed by atoms with Crippen molar-refractivity contribution >= 4 is 0 Å². The van der Waals surface area contributed by atoms with E-state index in [9.17, 15) is 0 Å². The van der Waals surface area contributed by atoms with E-state index in [0.29, 0.717) is 0 Å². The second-order valence-electron chi connectivity index (χ2n) is 6.80. The SMILES string of the molecule is C=C/C(=C\C=C/C)C(C)(C)c1ccc(C(C)(C)C)cc1.CC.CC.CC. The van der Waals surface area contributed by atoms with Gasteiger partial charge in [0.05, 0.1) is 0 Å². The van der Waals surface area contributed by atoms with Gasteiger partial charge in [0.1, 0.15) is 0 Å². The van der Waals surface area contributed by atoms with Gasteiger partial charge in [0.25, 0.3) is 0 Å². The van der Waals surface area contributed by atoms with Crippen LogP contribution in [0.25, 0.3) is 0 Å².